The van der Waals surface area contributed by atoms with Crippen molar-refractivity contribution in [1.29, 1.82) is 0 Å². The summed E-state index contributed by atoms with van der Waals surface area (Å²) in [5.74, 6) is -0.229. The van der Waals surface area contributed by atoms with Crippen molar-refractivity contribution in [1.82, 2.24) is 18.9 Å². The van der Waals surface area contributed by atoms with Crippen LogP contribution in [-0.4, -0.2) is 68.3 Å². The number of hydrogen-bond acceptors (Lipinski definition) is 6. The fraction of sp³-hybridized carbons (Fsp3) is 0.417. The molecule has 3 heterocycles. The number of para-hydroxylation sites is 3. The van der Waals surface area contributed by atoms with Crippen LogP contribution in [0.2, 0.25) is 0 Å². The van der Waals surface area contributed by atoms with Crippen LogP contribution in [0.1, 0.15) is 56.0 Å². The molecule has 3 aromatic carbocycles. The zero-order chi connectivity index (χ0) is 31.8. The molecule has 4 aromatic rings. The summed E-state index contributed by atoms with van der Waals surface area (Å²) in [6.07, 6.45) is 2.31. The van der Waals surface area contributed by atoms with Gasteiger partial charge in [-0.05, 0) is 88.5 Å². The molecule has 0 bridgehead atoms. The van der Waals surface area contributed by atoms with Gasteiger partial charge in [0.2, 0.25) is 5.91 Å². The molecule has 1 amide bonds. The second-order valence-corrected chi connectivity index (χ2v) is 13.3. The van der Waals surface area contributed by atoms with Crippen LogP contribution in [0.4, 0.5) is 5.69 Å². The monoisotopic (exact) mass is 609 g/mol. The number of aromatic nitrogens is 2. The molecule has 1 aromatic heterocycles. The Hall–Kier alpha value is -4.37. The Kier molecular flexibility index (Phi) is 8.31. The summed E-state index contributed by atoms with van der Waals surface area (Å²) in [4.78, 5) is 46.5. The van der Waals surface area contributed by atoms with Gasteiger partial charge in [0.1, 0.15) is 11.1 Å². The van der Waals surface area contributed by atoms with E-state index in [1.165, 1.54) is 0 Å². The number of likely N-dealkylation sites (tertiary alicyclic amines) is 1. The molecule has 2 fully saturated rings. The minimum absolute atomic E-state index is 0.0144. The molecule has 0 atom stereocenters. The molecular weight excluding hydrogens is 566 g/mol. The number of rotatable bonds is 8. The number of esters is 1. The summed E-state index contributed by atoms with van der Waals surface area (Å²) in [7, 11) is 1.82. The van der Waals surface area contributed by atoms with E-state index in [9.17, 15) is 14.4 Å². The van der Waals surface area contributed by atoms with Gasteiger partial charge in [0.25, 0.3) is 0 Å². The highest BCUT2D eigenvalue weighted by molar-refractivity contribution is 5.94. The molecule has 45 heavy (non-hydrogen) atoms. The van der Waals surface area contributed by atoms with Crippen molar-refractivity contribution in [3.8, 4) is 0 Å². The molecule has 6 rings (SSSR count). The van der Waals surface area contributed by atoms with Crippen molar-refractivity contribution < 1.29 is 14.3 Å². The topological polar surface area (TPSA) is 80.0 Å². The van der Waals surface area contributed by atoms with Crippen LogP contribution < -0.4 is 10.6 Å². The number of benzene rings is 3. The summed E-state index contributed by atoms with van der Waals surface area (Å²) in [5.41, 5.74) is 3.16. The summed E-state index contributed by atoms with van der Waals surface area (Å²) in [6, 6.07) is 25.5. The van der Waals surface area contributed by atoms with Crippen LogP contribution >= 0.6 is 0 Å². The second-order valence-electron chi connectivity index (χ2n) is 13.3. The summed E-state index contributed by atoms with van der Waals surface area (Å²) < 4.78 is 9.15. The standard InChI is InChI=1S/C36H43N5O4/c1-35(2,3)45-32(42)28-13-10-12-27(24-28)25-39-26-41(29-14-6-5-7-15-29)36(33(39)43)18-22-38(23-19-36)20-11-21-40-31-17-9-8-16-30(31)37(4)34(40)44/h5-10,12-17,24H,11,18-23,25-26H2,1-4H3. The van der Waals surface area contributed by atoms with E-state index in [1.54, 1.807) is 10.6 Å². The molecule has 1 spiro atoms. The van der Waals surface area contributed by atoms with Gasteiger partial charge in [0.15, 0.2) is 0 Å². The SMILES string of the molecule is Cn1c(=O)n(CCCN2CCC3(CC2)C(=O)N(Cc2cccc(C(=O)OC(C)(C)C)c2)CN3c2ccccc2)c2ccccc21. The van der Waals surface area contributed by atoms with Gasteiger partial charge in [-0.2, -0.15) is 0 Å². The number of anilines is 1. The smallest absolute Gasteiger partial charge is 0.338 e. The van der Waals surface area contributed by atoms with Gasteiger partial charge >= 0.3 is 11.7 Å². The Bertz CT molecular complexity index is 1740. The average Bonchev–Trinajstić information content (AvgIpc) is 3.43. The Balaban J connectivity index is 1.14. The van der Waals surface area contributed by atoms with E-state index in [2.05, 4.69) is 21.9 Å². The molecule has 2 aliphatic rings. The van der Waals surface area contributed by atoms with Crippen molar-refractivity contribution in [3.63, 3.8) is 0 Å². The number of aryl methyl sites for hydroxylation is 2. The number of carbonyl (C=O) groups is 2. The first-order valence-electron chi connectivity index (χ1n) is 15.9. The van der Waals surface area contributed by atoms with E-state index in [4.69, 9.17) is 4.74 Å². The highest BCUT2D eigenvalue weighted by Gasteiger charge is 2.53. The molecule has 0 N–H and O–H groups in total. The molecule has 0 radical (unpaired) electrons. The first-order valence-corrected chi connectivity index (χ1v) is 15.9. The van der Waals surface area contributed by atoms with E-state index >= 15 is 0 Å². The van der Waals surface area contributed by atoms with Crippen LogP contribution in [-0.2, 0) is 29.7 Å². The number of nitrogens with zero attached hydrogens (tertiary/aromatic N) is 5. The van der Waals surface area contributed by atoms with Crippen LogP contribution in [0, 0.1) is 0 Å². The predicted octanol–water partition coefficient (Wildman–Crippen LogP) is 5.03. The second kappa shape index (κ2) is 12.2. The number of hydrogen-bond donors (Lipinski definition) is 0. The number of imidazole rings is 1. The van der Waals surface area contributed by atoms with Gasteiger partial charge in [0.05, 0.1) is 23.3 Å². The zero-order valence-electron chi connectivity index (χ0n) is 26.7. The predicted molar refractivity (Wildman–Crippen MR) is 176 cm³/mol. The third kappa shape index (κ3) is 6.14. The van der Waals surface area contributed by atoms with Crippen molar-refractivity contribution in [2.24, 2.45) is 7.05 Å². The summed E-state index contributed by atoms with van der Waals surface area (Å²) >= 11 is 0. The Labute approximate surface area is 264 Å². The van der Waals surface area contributed by atoms with E-state index in [0.717, 1.165) is 61.2 Å². The van der Waals surface area contributed by atoms with Gasteiger partial charge in [-0.25, -0.2) is 9.59 Å². The average molecular weight is 610 g/mol. The van der Waals surface area contributed by atoms with Crippen molar-refractivity contribution in [2.45, 2.75) is 64.3 Å². The minimum atomic E-state index is -0.618. The number of ether oxygens (including phenoxy) is 1. The first-order chi connectivity index (χ1) is 21.6. The maximum atomic E-state index is 14.3. The van der Waals surface area contributed by atoms with Crippen LogP contribution in [0.3, 0.4) is 0 Å². The maximum absolute atomic E-state index is 14.3. The molecule has 2 aliphatic heterocycles. The van der Waals surface area contributed by atoms with Crippen LogP contribution in [0.25, 0.3) is 11.0 Å². The first kappa shape index (κ1) is 30.6. The number of fused-ring (bicyclic) bond motifs is 1. The van der Waals surface area contributed by atoms with Crippen molar-refractivity contribution >= 4 is 28.6 Å². The van der Waals surface area contributed by atoms with E-state index in [1.807, 2.05) is 97.9 Å². The van der Waals surface area contributed by atoms with Gasteiger partial charge in [-0.15, -0.1) is 0 Å². The molecule has 9 nitrogen and oxygen atoms in total. The zero-order valence-corrected chi connectivity index (χ0v) is 26.7. The lowest BCUT2D eigenvalue weighted by molar-refractivity contribution is -0.134. The molecule has 0 saturated carbocycles. The van der Waals surface area contributed by atoms with Crippen LogP contribution in [0.15, 0.2) is 83.7 Å². The lowest BCUT2D eigenvalue weighted by Gasteiger charge is -2.43. The van der Waals surface area contributed by atoms with Crippen molar-refractivity contribution in [2.75, 3.05) is 31.2 Å². The fourth-order valence-electron chi connectivity index (χ4n) is 6.85. The third-order valence-corrected chi connectivity index (χ3v) is 9.11. The maximum Gasteiger partial charge on any atom is 0.338 e. The Morgan fingerprint density at radius 1 is 0.867 bits per heavy atom. The van der Waals surface area contributed by atoms with Crippen molar-refractivity contribution in [3.05, 3.63) is 100 Å². The summed E-state index contributed by atoms with van der Waals surface area (Å²) in [5, 5.41) is 0. The molecule has 2 saturated heterocycles. The van der Waals surface area contributed by atoms with Gasteiger partial charge in [-0.1, -0.05) is 42.5 Å². The lowest BCUT2D eigenvalue weighted by Crippen LogP contribution is -2.56. The van der Waals surface area contributed by atoms with Crippen LogP contribution in [0.5, 0.6) is 0 Å². The van der Waals surface area contributed by atoms with Gasteiger partial charge in [-0.3, -0.25) is 13.9 Å². The molecular formula is C36H43N5O4. The number of amides is 1. The Morgan fingerprint density at radius 2 is 1.56 bits per heavy atom. The molecule has 9 heteroatoms. The number of piperidine rings is 1. The quantitative estimate of drug-likeness (QED) is 0.261. The molecule has 236 valence electrons. The highest BCUT2D eigenvalue weighted by atomic mass is 16.6. The Morgan fingerprint density at radius 3 is 2.27 bits per heavy atom. The molecule has 0 aliphatic carbocycles. The van der Waals surface area contributed by atoms with E-state index < -0.39 is 11.1 Å². The normalized spacial score (nSPS) is 17.0. The third-order valence-electron chi connectivity index (χ3n) is 9.11. The largest absolute Gasteiger partial charge is 0.456 e. The summed E-state index contributed by atoms with van der Waals surface area (Å²) in [6.45, 7) is 9.61. The van der Waals surface area contributed by atoms with Gasteiger partial charge < -0.3 is 19.4 Å². The minimum Gasteiger partial charge on any atom is -0.456 e. The van der Waals surface area contributed by atoms with E-state index in [-0.39, 0.29) is 17.6 Å². The van der Waals surface area contributed by atoms with Gasteiger partial charge in [0, 0.05) is 38.9 Å². The van der Waals surface area contributed by atoms with E-state index in [0.29, 0.717) is 25.3 Å². The molecule has 0 unspecified atom stereocenters. The fourth-order valence-corrected chi connectivity index (χ4v) is 6.85. The lowest BCUT2D eigenvalue weighted by atomic mass is 9.85. The number of carbonyl (C=O) groups excluding carboxylic acids is 2. The highest BCUT2D eigenvalue weighted by Crippen LogP contribution is 2.40.